The number of hydrogen-bond acceptors (Lipinski definition) is 5. The molecule has 1 unspecified atom stereocenters. The molecule has 0 aliphatic heterocycles. The van der Waals surface area contributed by atoms with Crippen LogP contribution < -0.4 is 4.74 Å². The summed E-state index contributed by atoms with van der Waals surface area (Å²) in [7, 11) is 1.74. The minimum atomic E-state index is -0.954. The van der Waals surface area contributed by atoms with Crippen LogP contribution in [0, 0.1) is 28.5 Å². The van der Waals surface area contributed by atoms with Crippen molar-refractivity contribution in [3.8, 4) is 23.6 Å². The molecule has 0 spiro atoms. The van der Waals surface area contributed by atoms with Gasteiger partial charge in [-0.15, -0.1) is 0 Å². The highest BCUT2D eigenvalue weighted by atomic mass is 19.1. The second-order valence-corrected chi connectivity index (χ2v) is 7.90. The minimum absolute atomic E-state index is 0.0362. The quantitative estimate of drug-likeness (QED) is 0.342. The van der Waals surface area contributed by atoms with Crippen molar-refractivity contribution in [2.45, 2.75) is 6.10 Å². The van der Waals surface area contributed by atoms with E-state index in [-0.39, 0.29) is 5.56 Å². The predicted octanol–water partition coefficient (Wildman–Crippen LogP) is 6.02. The van der Waals surface area contributed by atoms with Gasteiger partial charge in [0.1, 0.15) is 35.6 Å². The van der Waals surface area contributed by atoms with Crippen molar-refractivity contribution in [2.24, 2.45) is 7.05 Å². The Morgan fingerprint density at radius 2 is 1.61 bits per heavy atom. The number of halogens is 1. The fraction of sp³-hybridized carbons (Fsp3) is 0.0690. The molecule has 0 aliphatic rings. The number of fused-ring (bicyclic) bond motifs is 1. The topological polar surface area (TPSA) is 94.9 Å². The first-order chi connectivity index (χ1) is 17.5. The highest BCUT2D eigenvalue weighted by molar-refractivity contribution is 5.83. The normalized spacial score (nSPS) is 11.0. The molecule has 0 amide bonds. The molecule has 0 bridgehead atoms. The summed E-state index contributed by atoms with van der Waals surface area (Å²) < 4.78 is 20.8. The maximum absolute atomic E-state index is 13.4. The van der Waals surface area contributed by atoms with Gasteiger partial charge in [0.15, 0.2) is 0 Å². The van der Waals surface area contributed by atoms with Gasteiger partial charge in [-0.3, -0.25) is 0 Å². The minimum Gasteiger partial charge on any atom is -0.456 e. The van der Waals surface area contributed by atoms with E-state index in [4.69, 9.17) is 15.3 Å². The van der Waals surface area contributed by atoms with Crippen molar-refractivity contribution in [1.29, 1.82) is 10.5 Å². The van der Waals surface area contributed by atoms with E-state index in [1.54, 1.807) is 36.1 Å². The van der Waals surface area contributed by atoms with Crippen molar-refractivity contribution < 1.29 is 14.2 Å². The molecule has 1 N–H and O–H groups in total. The van der Waals surface area contributed by atoms with Gasteiger partial charge in [-0.2, -0.15) is 10.5 Å². The van der Waals surface area contributed by atoms with Crippen molar-refractivity contribution in [3.05, 3.63) is 126 Å². The predicted molar refractivity (Wildman–Crippen MR) is 134 cm³/mol. The third-order valence-corrected chi connectivity index (χ3v) is 5.52. The highest BCUT2D eigenvalue weighted by Gasteiger charge is 2.15. The molecule has 0 aliphatic carbocycles. The number of hydrogen-bond donors (Lipinski definition) is 1. The molecule has 7 heteroatoms. The van der Waals surface area contributed by atoms with E-state index >= 15 is 0 Å². The summed E-state index contributed by atoms with van der Waals surface area (Å²) in [6.07, 6.45) is 2.11. The molecule has 5 aromatic rings. The summed E-state index contributed by atoms with van der Waals surface area (Å²) in [5.74, 6) is 0.688. The Bertz CT molecular complexity index is 1600. The van der Waals surface area contributed by atoms with Crippen LogP contribution in [0.25, 0.3) is 10.8 Å². The van der Waals surface area contributed by atoms with Crippen molar-refractivity contribution >= 4 is 10.8 Å². The molecule has 4 aromatic carbocycles. The first-order valence-corrected chi connectivity index (χ1v) is 11.0. The first-order valence-electron chi connectivity index (χ1n) is 11.0. The Balaban J connectivity index is 0.000000170. The molecular weight excluding hydrogens is 455 g/mol. The Kier molecular flexibility index (Phi) is 7.36. The average Bonchev–Trinajstić information content (AvgIpc) is 3.34. The second kappa shape index (κ2) is 11.0. The van der Waals surface area contributed by atoms with Crippen LogP contribution in [0.2, 0.25) is 0 Å². The third kappa shape index (κ3) is 5.39. The number of imidazole rings is 1. The number of nitriles is 2. The molecule has 36 heavy (non-hydrogen) atoms. The zero-order chi connectivity index (χ0) is 25.5. The summed E-state index contributed by atoms with van der Waals surface area (Å²) in [5, 5.41) is 30.0. The summed E-state index contributed by atoms with van der Waals surface area (Å²) in [6, 6.07) is 29.1. The van der Waals surface area contributed by atoms with Crippen molar-refractivity contribution in [1.82, 2.24) is 9.55 Å². The van der Waals surface area contributed by atoms with E-state index in [1.165, 1.54) is 23.7 Å². The van der Waals surface area contributed by atoms with E-state index in [2.05, 4.69) is 17.1 Å². The molecule has 176 valence electrons. The Morgan fingerprint density at radius 1 is 0.889 bits per heavy atom. The van der Waals surface area contributed by atoms with Gasteiger partial charge in [-0.05, 0) is 52.7 Å². The van der Waals surface area contributed by atoms with Gasteiger partial charge in [0.25, 0.3) is 0 Å². The third-order valence-electron chi connectivity index (χ3n) is 5.52. The van der Waals surface area contributed by atoms with E-state index < -0.39 is 11.9 Å². The molecule has 6 nitrogen and oxygen atoms in total. The summed E-state index contributed by atoms with van der Waals surface area (Å²) in [6.45, 7) is 0. The van der Waals surface area contributed by atoms with Gasteiger partial charge < -0.3 is 14.4 Å². The standard InChI is InChI=1S/C17H11NO.C12H10FN3O/c18-12-15-7-3-4-8-17(15)19-16-10-9-13-5-1-2-6-14(13)11-16;1-16-7-15-6-11(16)12(17)8-2-3-9(5-14)10(13)4-8/h1-11H;2-4,6-7,12,17H,1H3. The van der Waals surface area contributed by atoms with Crippen LogP contribution in [0.4, 0.5) is 4.39 Å². The maximum Gasteiger partial charge on any atom is 0.145 e. The van der Waals surface area contributed by atoms with Crippen LogP contribution in [-0.2, 0) is 7.05 Å². The molecule has 1 heterocycles. The highest BCUT2D eigenvalue weighted by Crippen LogP contribution is 2.27. The van der Waals surface area contributed by atoms with E-state index in [0.29, 0.717) is 22.6 Å². The molecule has 0 saturated carbocycles. The lowest BCUT2D eigenvalue weighted by Gasteiger charge is -2.11. The van der Waals surface area contributed by atoms with Gasteiger partial charge in [0.2, 0.25) is 0 Å². The number of aryl methyl sites for hydroxylation is 1. The van der Waals surface area contributed by atoms with Gasteiger partial charge in [0.05, 0.1) is 29.3 Å². The Labute approximate surface area is 207 Å². The molecule has 1 aromatic heterocycles. The number of benzene rings is 4. The number of aliphatic hydroxyl groups is 1. The van der Waals surface area contributed by atoms with E-state index in [1.807, 2.05) is 48.5 Å². The fourth-order valence-corrected chi connectivity index (χ4v) is 3.60. The van der Waals surface area contributed by atoms with Gasteiger partial charge in [-0.25, -0.2) is 9.37 Å². The average molecular weight is 477 g/mol. The zero-order valence-corrected chi connectivity index (χ0v) is 19.3. The monoisotopic (exact) mass is 476 g/mol. The van der Waals surface area contributed by atoms with Crippen LogP contribution >= 0.6 is 0 Å². The SMILES string of the molecule is Cn1cncc1C(O)c1ccc(C#N)c(F)c1.N#Cc1ccccc1Oc1ccc2ccccc2c1. The van der Waals surface area contributed by atoms with Crippen LogP contribution in [0.5, 0.6) is 11.5 Å². The lowest BCUT2D eigenvalue weighted by atomic mass is 10.0. The zero-order valence-electron chi connectivity index (χ0n) is 19.3. The van der Waals surface area contributed by atoms with Crippen LogP contribution in [-0.4, -0.2) is 14.7 Å². The van der Waals surface area contributed by atoms with Crippen LogP contribution in [0.15, 0.2) is 97.5 Å². The first kappa shape index (κ1) is 24.2. The number of ether oxygens (including phenoxy) is 1. The number of aromatic nitrogens is 2. The summed E-state index contributed by atoms with van der Waals surface area (Å²) in [5.41, 5.74) is 1.46. The van der Waals surface area contributed by atoms with Crippen LogP contribution in [0.1, 0.15) is 28.5 Å². The maximum atomic E-state index is 13.4. The number of nitrogens with zero attached hydrogens (tertiary/aromatic N) is 4. The number of para-hydroxylation sites is 1. The number of aliphatic hydroxyl groups excluding tert-OH is 1. The molecular formula is C29H21FN4O2. The molecule has 0 saturated heterocycles. The smallest absolute Gasteiger partial charge is 0.145 e. The Morgan fingerprint density at radius 3 is 2.31 bits per heavy atom. The molecule has 1 atom stereocenters. The summed E-state index contributed by atoms with van der Waals surface area (Å²) >= 11 is 0. The van der Waals surface area contributed by atoms with Crippen molar-refractivity contribution in [2.75, 3.05) is 0 Å². The summed E-state index contributed by atoms with van der Waals surface area (Å²) in [4.78, 5) is 3.88. The largest absolute Gasteiger partial charge is 0.456 e. The molecule has 0 radical (unpaired) electrons. The second-order valence-electron chi connectivity index (χ2n) is 7.90. The van der Waals surface area contributed by atoms with E-state index in [9.17, 15) is 9.50 Å². The molecule has 0 fully saturated rings. The van der Waals surface area contributed by atoms with Crippen LogP contribution in [0.3, 0.4) is 0 Å². The fourth-order valence-electron chi connectivity index (χ4n) is 3.60. The lowest BCUT2D eigenvalue weighted by Crippen LogP contribution is -2.05. The van der Waals surface area contributed by atoms with Gasteiger partial charge in [-0.1, -0.05) is 48.5 Å². The molecule has 5 rings (SSSR count). The number of rotatable bonds is 4. The van der Waals surface area contributed by atoms with Gasteiger partial charge >= 0.3 is 0 Å². The Hall–Kier alpha value is -4.98. The van der Waals surface area contributed by atoms with E-state index in [0.717, 1.165) is 17.2 Å². The van der Waals surface area contributed by atoms with Gasteiger partial charge in [0, 0.05) is 7.05 Å². The van der Waals surface area contributed by atoms with Crippen molar-refractivity contribution in [3.63, 3.8) is 0 Å². The lowest BCUT2D eigenvalue weighted by molar-refractivity contribution is 0.211.